The average Bonchev–Trinajstić information content (AvgIpc) is 3.44. The molecule has 4 rings (SSSR count). The lowest BCUT2D eigenvalue weighted by Gasteiger charge is -2.31. The van der Waals surface area contributed by atoms with E-state index in [4.69, 9.17) is 4.42 Å². The van der Waals surface area contributed by atoms with Crippen molar-refractivity contribution in [3.05, 3.63) is 58.6 Å². The summed E-state index contributed by atoms with van der Waals surface area (Å²) in [6.45, 7) is 1.27. The molecule has 1 aromatic carbocycles. The highest BCUT2D eigenvalue weighted by Gasteiger charge is 2.28. The van der Waals surface area contributed by atoms with Crippen LogP contribution in [0.4, 0.5) is 0 Å². The Balaban J connectivity index is 1.34. The van der Waals surface area contributed by atoms with E-state index >= 15 is 0 Å². The maximum absolute atomic E-state index is 12.6. The van der Waals surface area contributed by atoms with E-state index in [9.17, 15) is 9.59 Å². The minimum atomic E-state index is -0.000171. The molecule has 0 N–H and O–H groups in total. The van der Waals surface area contributed by atoms with Crippen LogP contribution in [0, 0.1) is 0 Å². The van der Waals surface area contributed by atoms with Gasteiger partial charge in [-0.1, -0.05) is 30.3 Å². The van der Waals surface area contributed by atoms with E-state index < -0.39 is 0 Å². The Bertz CT molecular complexity index is 937. The number of Topliss-reactive ketones (excluding diaryl/α,β-unsaturated/α-hetero) is 1. The standard InChI is InChI=1S/C21H21N3O3S/c25-18(15-5-2-1-3-6-15)8-9-19(26)24-11-4-7-16(13-24)20-22-23-21(27-20)17-10-12-28-14-17/h1-3,5-6,10,12,14,16H,4,7-9,11,13H2/t16-/m1/s1. The first-order valence-corrected chi connectivity index (χ1v) is 10.4. The normalized spacial score (nSPS) is 16.9. The first-order chi connectivity index (χ1) is 13.7. The van der Waals surface area contributed by atoms with Crippen LogP contribution in [0.15, 0.2) is 51.6 Å². The summed E-state index contributed by atoms with van der Waals surface area (Å²) >= 11 is 1.58. The Labute approximate surface area is 167 Å². The third kappa shape index (κ3) is 4.20. The molecule has 7 heteroatoms. The molecular formula is C21H21N3O3S. The Hall–Kier alpha value is -2.80. The van der Waals surface area contributed by atoms with Crippen LogP contribution < -0.4 is 0 Å². The van der Waals surface area contributed by atoms with Crippen molar-refractivity contribution in [2.24, 2.45) is 0 Å². The van der Waals surface area contributed by atoms with Crippen LogP contribution in [0.2, 0.25) is 0 Å². The van der Waals surface area contributed by atoms with Gasteiger partial charge in [0.25, 0.3) is 0 Å². The quantitative estimate of drug-likeness (QED) is 0.586. The monoisotopic (exact) mass is 395 g/mol. The van der Waals surface area contributed by atoms with Crippen molar-refractivity contribution in [1.82, 2.24) is 15.1 Å². The topological polar surface area (TPSA) is 76.3 Å². The lowest BCUT2D eigenvalue weighted by atomic mass is 9.97. The number of nitrogens with zero attached hydrogens (tertiary/aromatic N) is 3. The Morgan fingerprint density at radius 1 is 1.14 bits per heavy atom. The number of carbonyl (C=O) groups excluding carboxylic acids is 2. The summed E-state index contributed by atoms with van der Waals surface area (Å²) < 4.78 is 5.84. The molecule has 0 saturated carbocycles. The van der Waals surface area contributed by atoms with Gasteiger partial charge in [0.2, 0.25) is 17.7 Å². The number of carbonyl (C=O) groups is 2. The van der Waals surface area contributed by atoms with Gasteiger partial charge >= 0.3 is 0 Å². The molecule has 1 aliphatic heterocycles. The average molecular weight is 395 g/mol. The van der Waals surface area contributed by atoms with Crippen LogP contribution in [-0.4, -0.2) is 39.9 Å². The van der Waals surface area contributed by atoms with Gasteiger partial charge in [0, 0.05) is 42.4 Å². The minimum absolute atomic E-state index is 0.000171. The van der Waals surface area contributed by atoms with E-state index in [1.54, 1.807) is 23.5 Å². The van der Waals surface area contributed by atoms with Crippen LogP contribution in [-0.2, 0) is 4.79 Å². The second kappa shape index (κ2) is 8.48. The van der Waals surface area contributed by atoms with Gasteiger partial charge in [-0.25, -0.2) is 0 Å². The van der Waals surface area contributed by atoms with Crippen molar-refractivity contribution < 1.29 is 14.0 Å². The Kier molecular flexibility index (Phi) is 5.62. The summed E-state index contributed by atoms with van der Waals surface area (Å²) in [6.07, 6.45) is 2.26. The molecule has 3 heterocycles. The molecule has 0 unspecified atom stereocenters. The van der Waals surface area contributed by atoms with Crippen molar-refractivity contribution in [2.75, 3.05) is 13.1 Å². The molecule has 28 heavy (non-hydrogen) atoms. The van der Waals surface area contributed by atoms with E-state index in [-0.39, 0.29) is 30.4 Å². The number of ketones is 1. The number of hydrogen-bond acceptors (Lipinski definition) is 6. The van der Waals surface area contributed by atoms with E-state index in [0.29, 0.717) is 30.4 Å². The summed E-state index contributed by atoms with van der Waals surface area (Å²) in [5.41, 5.74) is 1.57. The molecule has 1 saturated heterocycles. The van der Waals surface area contributed by atoms with Gasteiger partial charge in [-0.15, -0.1) is 10.2 Å². The Morgan fingerprint density at radius 2 is 2.00 bits per heavy atom. The molecular weight excluding hydrogens is 374 g/mol. The number of aromatic nitrogens is 2. The summed E-state index contributed by atoms with van der Waals surface area (Å²) in [5, 5.41) is 12.3. The van der Waals surface area contributed by atoms with Crippen LogP contribution in [0.5, 0.6) is 0 Å². The van der Waals surface area contributed by atoms with Crippen LogP contribution in [0.3, 0.4) is 0 Å². The highest BCUT2D eigenvalue weighted by Crippen LogP contribution is 2.29. The summed E-state index contributed by atoms with van der Waals surface area (Å²) in [5.74, 6) is 1.15. The van der Waals surface area contributed by atoms with Crippen molar-refractivity contribution in [1.29, 1.82) is 0 Å². The van der Waals surface area contributed by atoms with Gasteiger partial charge in [0.15, 0.2) is 5.78 Å². The van der Waals surface area contributed by atoms with Crippen molar-refractivity contribution in [2.45, 2.75) is 31.6 Å². The number of hydrogen-bond donors (Lipinski definition) is 0. The summed E-state index contributed by atoms with van der Waals surface area (Å²) in [4.78, 5) is 26.7. The van der Waals surface area contributed by atoms with Crippen molar-refractivity contribution in [3.63, 3.8) is 0 Å². The smallest absolute Gasteiger partial charge is 0.248 e. The maximum Gasteiger partial charge on any atom is 0.248 e. The molecule has 1 amide bonds. The number of thiophene rings is 1. The molecule has 2 aromatic heterocycles. The van der Waals surface area contributed by atoms with Gasteiger partial charge in [0.05, 0.1) is 5.92 Å². The first-order valence-electron chi connectivity index (χ1n) is 9.42. The maximum atomic E-state index is 12.6. The fraction of sp³-hybridized carbons (Fsp3) is 0.333. The number of rotatable bonds is 6. The van der Waals surface area contributed by atoms with Gasteiger partial charge in [-0.3, -0.25) is 9.59 Å². The lowest BCUT2D eigenvalue weighted by molar-refractivity contribution is -0.132. The fourth-order valence-corrected chi connectivity index (χ4v) is 4.08. The van der Waals surface area contributed by atoms with E-state index in [1.165, 1.54) is 0 Å². The molecule has 1 fully saturated rings. The second-order valence-corrected chi connectivity index (χ2v) is 7.71. The lowest BCUT2D eigenvalue weighted by Crippen LogP contribution is -2.39. The third-order valence-corrected chi connectivity index (χ3v) is 5.68. The zero-order valence-corrected chi connectivity index (χ0v) is 16.2. The van der Waals surface area contributed by atoms with Crippen LogP contribution in [0.1, 0.15) is 47.8 Å². The third-order valence-electron chi connectivity index (χ3n) is 4.99. The Morgan fingerprint density at radius 3 is 2.79 bits per heavy atom. The molecule has 144 valence electrons. The van der Waals surface area contributed by atoms with Crippen LogP contribution in [0.25, 0.3) is 11.5 Å². The highest BCUT2D eigenvalue weighted by molar-refractivity contribution is 7.08. The SMILES string of the molecule is O=C(CCC(=O)N1CCC[C@@H](c2nnc(-c3ccsc3)o2)C1)c1ccccc1. The minimum Gasteiger partial charge on any atom is -0.420 e. The summed E-state index contributed by atoms with van der Waals surface area (Å²) in [6, 6.07) is 11.0. The predicted molar refractivity (Wildman–Crippen MR) is 106 cm³/mol. The number of amides is 1. The second-order valence-electron chi connectivity index (χ2n) is 6.93. The molecule has 0 bridgehead atoms. The van der Waals surface area contributed by atoms with Gasteiger partial charge in [-0.2, -0.15) is 11.3 Å². The molecule has 6 nitrogen and oxygen atoms in total. The van der Waals surface area contributed by atoms with E-state index in [2.05, 4.69) is 10.2 Å². The van der Waals surface area contributed by atoms with E-state index in [1.807, 2.05) is 39.9 Å². The predicted octanol–water partition coefficient (Wildman–Crippen LogP) is 4.17. The molecule has 0 radical (unpaired) electrons. The number of piperidine rings is 1. The number of likely N-dealkylation sites (tertiary alicyclic amines) is 1. The molecule has 3 aromatic rings. The first kappa shape index (κ1) is 18.6. The van der Waals surface area contributed by atoms with E-state index in [0.717, 1.165) is 18.4 Å². The van der Waals surface area contributed by atoms with Crippen molar-refractivity contribution in [3.8, 4) is 11.5 Å². The zero-order chi connectivity index (χ0) is 19.3. The van der Waals surface area contributed by atoms with Gasteiger partial charge < -0.3 is 9.32 Å². The van der Waals surface area contributed by atoms with Crippen LogP contribution >= 0.6 is 11.3 Å². The molecule has 0 spiro atoms. The van der Waals surface area contributed by atoms with Gasteiger partial charge in [-0.05, 0) is 24.3 Å². The highest BCUT2D eigenvalue weighted by atomic mass is 32.1. The molecule has 1 atom stereocenters. The zero-order valence-electron chi connectivity index (χ0n) is 15.4. The fourth-order valence-electron chi connectivity index (χ4n) is 3.45. The summed E-state index contributed by atoms with van der Waals surface area (Å²) in [7, 11) is 0. The largest absolute Gasteiger partial charge is 0.420 e. The van der Waals surface area contributed by atoms with Crippen molar-refractivity contribution >= 4 is 23.0 Å². The molecule has 0 aliphatic carbocycles. The van der Waals surface area contributed by atoms with Gasteiger partial charge in [0.1, 0.15) is 0 Å². The number of benzene rings is 1. The molecule has 1 aliphatic rings.